The Labute approximate surface area is 183 Å². The van der Waals surface area contributed by atoms with Crippen molar-refractivity contribution >= 4 is 39.7 Å². The van der Waals surface area contributed by atoms with Crippen LogP contribution in [0.15, 0.2) is 59.6 Å². The van der Waals surface area contributed by atoms with E-state index in [1.54, 1.807) is 5.51 Å². The summed E-state index contributed by atoms with van der Waals surface area (Å²) in [6.45, 7) is 3.16. The highest BCUT2D eigenvalue weighted by atomic mass is 32.1. The third kappa shape index (κ3) is 4.40. The van der Waals surface area contributed by atoms with E-state index in [0.717, 1.165) is 60.0 Å². The van der Waals surface area contributed by atoms with E-state index in [2.05, 4.69) is 20.2 Å². The van der Waals surface area contributed by atoms with Crippen molar-refractivity contribution in [1.29, 1.82) is 0 Å². The number of hydrogen-bond acceptors (Lipinski definition) is 7. The Morgan fingerprint density at radius 3 is 2.77 bits per heavy atom. The van der Waals surface area contributed by atoms with E-state index in [0.29, 0.717) is 5.69 Å². The lowest BCUT2D eigenvalue weighted by Crippen LogP contribution is -2.36. The van der Waals surface area contributed by atoms with Crippen molar-refractivity contribution in [1.82, 2.24) is 15.0 Å². The van der Waals surface area contributed by atoms with Crippen molar-refractivity contribution < 1.29 is 9.53 Å². The van der Waals surface area contributed by atoms with Crippen molar-refractivity contribution in [2.75, 3.05) is 36.5 Å². The van der Waals surface area contributed by atoms with Gasteiger partial charge in [-0.25, -0.2) is 15.0 Å². The summed E-state index contributed by atoms with van der Waals surface area (Å²) in [5.74, 6) is 0.838. The van der Waals surface area contributed by atoms with Gasteiger partial charge in [0.25, 0.3) is 0 Å². The topological polar surface area (TPSA) is 80.2 Å². The summed E-state index contributed by atoms with van der Waals surface area (Å²) >= 11 is 1.48. The van der Waals surface area contributed by atoms with Gasteiger partial charge in [0.2, 0.25) is 5.91 Å². The van der Waals surface area contributed by atoms with Crippen LogP contribution in [0.1, 0.15) is 5.69 Å². The molecule has 1 saturated heterocycles. The lowest BCUT2D eigenvalue weighted by atomic mass is 10.1. The fraction of sp³-hybridized carbons (Fsp3) is 0.217. The highest BCUT2D eigenvalue weighted by Crippen LogP contribution is 2.27. The first-order valence-corrected chi connectivity index (χ1v) is 11.1. The molecule has 1 aromatic carbocycles. The minimum absolute atomic E-state index is 0.109. The fourth-order valence-electron chi connectivity index (χ4n) is 3.61. The highest BCUT2D eigenvalue weighted by molar-refractivity contribution is 7.07. The molecule has 0 bridgehead atoms. The number of benzene rings is 1. The lowest BCUT2D eigenvalue weighted by molar-refractivity contribution is -0.115. The van der Waals surface area contributed by atoms with Gasteiger partial charge >= 0.3 is 0 Å². The van der Waals surface area contributed by atoms with Crippen molar-refractivity contribution in [3.63, 3.8) is 0 Å². The van der Waals surface area contributed by atoms with Gasteiger partial charge in [-0.2, -0.15) is 0 Å². The number of anilines is 2. The molecule has 7 nitrogen and oxygen atoms in total. The fourth-order valence-corrected chi connectivity index (χ4v) is 4.17. The summed E-state index contributed by atoms with van der Waals surface area (Å²) < 4.78 is 5.41. The zero-order valence-electron chi connectivity index (χ0n) is 16.8. The van der Waals surface area contributed by atoms with E-state index in [-0.39, 0.29) is 12.3 Å². The number of hydrogen-bond donors (Lipinski definition) is 1. The number of morpholine rings is 1. The molecule has 5 rings (SSSR count). The Bertz CT molecular complexity index is 1190. The zero-order chi connectivity index (χ0) is 21.0. The van der Waals surface area contributed by atoms with Crippen LogP contribution in [-0.4, -0.2) is 47.2 Å². The van der Waals surface area contributed by atoms with Gasteiger partial charge in [0.05, 0.1) is 47.7 Å². The first-order chi connectivity index (χ1) is 15.3. The maximum Gasteiger partial charge on any atom is 0.230 e. The summed E-state index contributed by atoms with van der Waals surface area (Å²) in [4.78, 5) is 28.3. The number of fused-ring (bicyclic) bond motifs is 1. The normalized spacial score (nSPS) is 14.0. The highest BCUT2D eigenvalue weighted by Gasteiger charge is 2.13. The molecule has 156 valence electrons. The van der Waals surface area contributed by atoms with E-state index in [1.807, 2.05) is 54.0 Å². The summed E-state index contributed by atoms with van der Waals surface area (Å²) in [6.07, 6.45) is 2.09. The first-order valence-electron chi connectivity index (χ1n) is 10.1. The molecule has 1 amide bonds. The molecule has 1 aliphatic rings. The van der Waals surface area contributed by atoms with Crippen molar-refractivity contribution in [2.24, 2.45) is 0 Å². The van der Waals surface area contributed by atoms with Gasteiger partial charge in [-0.1, -0.05) is 18.2 Å². The molecule has 3 aromatic heterocycles. The Hall–Kier alpha value is -3.36. The van der Waals surface area contributed by atoms with Gasteiger partial charge in [-0.15, -0.1) is 11.3 Å². The Balaban J connectivity index is 1.40. The van der Waals surface area contributed by atoms with Crippen LogP contribution < -0.4 is 10.2 Å². The Morgan fingerprint density at radius 1 is 1.10 bits per heavy atom. The Morgan fingerprint density at radius 2 is 2.00 bits per heavy atom. The molecule has 0 saturated carbocycles. The van der Waals surface area contributed by atoms with E-state index in [9.17, 15) is 4.79 Å². The van der Waals surface area contributed by atoms with Gasteiger partial charge < -0.3 is 15.0 Å². The van der Waals surface area contributed by atoms with Crippen LogP contribution in [0.2, 0.25) is 0 Å². The quantitative estimate of drug-likeness (QED) is 0.518. The number of rotatable bonds is 5. The van der Waals surface area contributed by atoms with E-state index in [1.165, 1.54) is 11.3 Å². The second-order valence-corrected chi connectivity index (χ2v) is 8.00. The first kappa shape index (κ1) is 19.6. The number of carbonyl (C=O) groups excluding carboxylic acids is 1. The van der Waals surface area contributed by atoms with E-state index >= 15 is 0 Å². The molecule has 0 aliphatic carbocycles. The van der Waals surface area contributed by atoms with E-state index in [4.69, 9.17) is 9.72 Å². The van der Waals surface area contributed by atoms with Crippen molar-refractivity contribution in [3.05, 3.63) is 65.2 Å². The monoisotopic (exact) mass is 431 g/mol. The molecule has 31 heavy (non-hydrogen) atoms. The van der Waals surface area contributed by atoms with Crippen LogP contribution in [0.25, 0.3) is 22.2 Å². The smallest absolute Gasteiger partial charge is 0.230 e. The number of pyridine rings is 2. The molecular weight excluding hydrogens is 410 g/mol. The molecule has 0 spiro atoms. The summed E-state index contributed by atoms with van der Waals surface area (Å²) in [6, 6.07) is 13.8. The van der Waals surface area contributed by atoms with Crippen LogP contribution in [-0.2, 0) is 16.0 Å². The van der Waals surface area contributed by atoms with Gasteiger partial charge in [-0.3, -0.25) is 4.79 Å². The van der Waals surface area contributed by atoms with Crippen LogP contribution in [0.5, 0.6) is 0 Å². The average Bonchev–Trinajstić information content (AvgIpc) is 3.33. The maximum atomic E-state index is 12.5. The standard InChI is InChI=1S/C23H21N5O2S/c29-22(12-18-14-31-15-25-18)26-20-3-1-2-16-4-6-19(27-23(16)20)17-5-7-21(24-13-17)28-8-10-30-11-9-28/h1-7,13-15H,8-12H2,(H,26,29). The number of amides is 1. The maximum absolute atomic E-state index is 12.5. The van der Waals surface area contributed by atoms with Crippen molar-refractivity contribution in [2.45, 2.75) is 6.42 Å². The number of para-hydroxylation sites is 1. The number of nitrogens with one attached hydrogen (secondary N) is 1. The molecule has 0 unspecified atom stereocenters. The third-order valence-corrected chi connectivity index (χ3v) is 5.83. The molecule has 4 aromatic rings. The van der Waals surface area contributed by atoms with Gasteiger partial charge in [-0.05, 0) is 24.3 Å². The minimum Gasteiger partial charge on any atom is -0.378 e. The number of carbonyl (C=O) groups is 1. The largest absolute Gasteiger partial charge is 0.378 e. The van der Waals surface area contributed by atoms with Crippen LogP contribution in [0.3, 0.4) is 0 Å². The van der Waals surface area contributed by atoms with E-state index < -0.39 is 0 Å². The predicted molar refractivity (Wildman–Crippen MR) is 122 cm³/mol. The molecule has 0 atom stereocenters. The minimum atomic E-state index is -0.109. The molecule has 1 N–H and O–H groups in total. The number of nitrogens with zero attached hydrogens (tertiary/aromatic N) is 4. The number of aromatic nitrogens is 3. The summed E-state index contributed by atoms with van der Waals surface area (Å²) in [5.41, 5.74) is 5.69. The van der Waals surface area contributed by atoms with Crippen molar-refractivity contribution in [3.8, 4) is 11.3 Å². The summed E-state index contributed by atoms with van der Waals surface area (Å²) in [7, 11) is 0. The zero-order valence-corrected chi connectivity index (χ0v) is 17.6. The molecule has 8 heteroatoms. The second kappa shape index (κ2) is 8.79. The second-order valence-electron chi connectivity index (χ2n) is 7.28. The average molecular weight is 432 g/mol. The molecule has 4 heterocycles. The van der Waals surface area contributed by atoms with Gasteiger partial charge in [0.1, 0.15) is 5.82 Å². The molecule has 1 aliphatic heterocycles. The molecule has 1 fully saturated rings. The van der Waals surface area contributed by atoms with Gasteiger partial charge in [0.15, 0.2) is 0 Å². The van der Waals surface area contributed by atoms with Crippen LogP contribution in [0, 0.1) is 0 Å². The van der Waals surface area contributed by atoms with Gasteiger partial charge in [0, 0.05) is 35.6 Å². The third-order valence-electron chi connectivity index (χ3n) is 5.20. The molecule has 0 radical (unpaired) electrons. The Kier molecular flexibility index (Phi) is 5.56. The van der Waals surface area contributed by atoms with Crippen LogP contribution in [0.4, 0.5) is 11.5 Å². The predicted octanol–water partition coefficient (Wildman–Crippen LogP) is 3.77. The number of ether oxygens (including phenoxy) is 1. The molecular formula is C23H21N5O2S. The number of thiazole rings is 1. The van der Waals surface area contributed by atoms with Crippen LogP contribution >= 0.6 is 11.3 Å². The lowest BCUT2D eigenvalue weighted by Gasteiger charge is -2.27. The SMILES string of the molecule is O=C(Cc1cscn1)Nc1cccc2ccc(-c3ccc(N4CCOCC4)nc3)nc12. The summed E-state index contributed by atoms with van der Waals surface area (Å²) in [5, 5.41) is 5.83.